The van der Waals surface area contributed by atoms with Crippen LogP contribution in [0.5, 0.6) is 0 Å². The molecule has 1 saturated carbocycles. The molecule has 1 fully saturated rings. The quantitative estimate of drug-likeness (QED) is 0.827. The number of aromatic nitrogens is 2. The number of rotatable bonds is 4. The third-order valence-corrected chi connectivity index (χ3v) is 3.74. The van der Waals surface area contributed by atoms with Crippen LogP contribution in [0.25, 0.3) is 0 Å². The topological polar surface area (TPSA) is 51.0 Å². The van der Waals surface area contributed by atoms with Gasteiger partial charge in [0, 0.05) is 18.3 Å². The van der Waals surface area contributed by atoms with Crippen molar-refractivity contribution in [2.75, 3.05) is 11.2 Å². The molecule has 0 aliphatic heterocycles. The van der Waals surface area contributed by atoms with Crippen LogP contribution in [0.4, 0.5) is 6.01 Å². The van der Waals surface area contributed by atoms with Crippen LogP contribution in [0, 0.1) is 11.8 Å². The maximum atomic E-state index is 5.61. The molecule has 3 atom stereocenters. The average Bonchev–Trinajstić information content (AvgIpc) is 2.82. The second kappa shape index (κ2) is 5.04. The summed E-state index contributed by atoms with van der Waals surface area (Å²) in [6.07, 6.45) is 3.07. The van der Waals surface area contributed by atoms with Crippen molar-refractivity contribution in [3.8, 4) is 0 Å². The second-order valence-corrected chi connectivity index (χ2v) is 4.98. The van der Waals surface area contributed by atoms with Crippen molar-refractivity contribution in [1.82, 2.24) is 10.2 Å². The molecule has 1 aromatic heterocycles. The Labute approximate surface area is 101 Å². The third-order valence-electron chi connectivity index (χ3n) is 3.55. The summed E-state index contributed by atoms with van der Waals surface area (Å²) in [5.74, 6) is 2.54. The Bertz CT molecular complexity index is 342. The molecule has 0 bridgehead atoms. The van der Waals surface area contributed by atoms with Crippen molar-refractivity contribution in [2.45, 2.75) is 39.2 Å². The molecule has 2 rings (SSSR count). The van der Waals surface area contributed by atoms with E-state index >= 15 is 0 Å². The van der Waals surface area contributed by atoms with Crippen LogP contribution in [0.15, 0.2) is 4.42 Å². The molecule has 1 aliphatic rings. The number of aryl methyl sites for hydroxylation is 1. The first-order valence-corrected chi connectivity index (χ1v) is 6.39. The number of halogens is 1. The average molecular weight is 244 g/mol. The highest BCUT2D eigenvalue weighted by molar-refractivity contribution is 6.17. The fourth-order valence-electron chi connectivity index (χ4n) is 2.22. The standard InChI is InChI=1S/C11H18ClN3O/c1-7-3-4-9(8(7)2)13-11-15-14-10(16-11)5-6-12/h7-9H,3-6H2,1-2H3,(H,13,15). The van der Waals surface area contributed by atoms with E-state index in [0.717, 1.165) is 5.92 Å². The van der Waals surface area contributed by atoms with E-state index in [-0.39, 0.29) is 0 Å². The van der Waals surface area contributed by atoms with Crippen LogP contribution in [0.3, 0.4) is 0 Å². The summed E-state index contributed by atoms with van der Waals surface area (Å²) in [5, 5.41) is 11.2. The number of hydrogen-bond donors (Lipinski definition) is 1. The fraction of sp³-hybridized carbons (Fsp3) is 0.818. The molecular formula is C11H18ClN3O. The maximum Gasteiger partial charge on any atom is 0.315 e. The lowest BCUT2D eigenvalue weighted by molar-refractivity contribution is 0.425. The predicted molar refractivity (Wildman–Crippen MR) is 63.7 cm³/mol. The summed E-state index contributed by atoms with van der Waals surface area (Å²) < 4.78 is 5.45. The van der Waals surface area contributed by atoms with Gasteiger partial charge in [0.25, 0.3) is 0 Å². The van der Waals surface area contributed by atoms with Gasteiger partial charge in [-0.1, -0.05) is 18.9 Å². The van der Waals surface area contributed by atoms with Crippen LogP contribution in [-0.2, 0) is 6.42 Å². The summed E-state index contributed by atoms with van der Waals surface area (Å²) in [6, 6.07) is 0.991. The Morgan fingerprint density at radius 3 is 2.81 bits per heavy atom. The van der Waals surface area contributed by atoms with E-state index in [1.807, 2.05) is 0 Å². The summed E-state index contributed by atoms with van der Waals surface area (Å²) >= 11 is 5.61. The van der Waals surface area contributed by atoms with Crippen molar-refractivity contribution >= 4 is 17.6 Å². The Hall–Kier alpha value is -0.770. The van der Waals surface area contributed by atoms with Gasteiger partial charge < -0.3 is 9.73 Å². The molecule has 4 nitrogen and oxygen atoms in total. The highest BCUT2D eigenvalue weighted by atomic mass is 35.5. The van der Waals surface area contributed by atoms with E-state index in [4.69, 9.17) is 16.0 Å². The summed E-state index contributed by atoms with van der Waals surface area (Å²) in [4.78, 5) is 0. The molecule has 0 radical (unpaired) electrons. The van der Waals surface area contributed by atoms with Crippen molar-refractivity contribution < 1.29 is 4.42 Å². The van der Waals surface area contributed by atoms with Gasteiger partial charge in [0.15, 0.2) is 0 Å². The zero-order valence-electron chi connectivity index (χ0n) is 9.74. The predicted octanol–water partition coefficient (Wildman–Crippen LogP) is 2.70. The molecule has 0 aromatic carbocycles. The highest BCUT2D eigenvalue weighted by Gasteiger charge is 2.30. The van der Waals surface area contributed by atoms with Crippen LogP contribution in [0.1, 0.15) is 32.6 Å². The minimum Gasteiger partial charge on any atom is -0.408 e. The van der Waals surface area contributed by atoms with E-state index in [9.17, 15) is 0 Å². The Balaban J connectivity index is 1.93. The molecule has 0 amide bonds. The molecule has 1 aliphatic carbocycles. The van der Waals surface area contributed by atoms with E-state index in [1.54, 1.807) is 0 Å². The fourth-order valence-corrected chi connectivity index (χ4v) is 2.38. The lowest BCUT2D eigenvalue weighted by Crippen LogP contribution is -2.24. The summed E-state index contributed by atoms with van der Waals surface area (Å²) in [7, 11) is 0. The van der Waals surface area contributed by atoms with Gasteiger partial charge >= 0.3 is 6.01 Å². The third kappa shape index (κ3) is 2.48. The van der Waals surface area contributed by atoms with Crippen LogP contribution in [-0.4, -0.2) is 22.1 Å². The molecule has 0 spiro atoms. The number of alkyl halides is 1. The molecule has 1 aromatic rings. The van der Waals surface area contributed by atoms with E-state index in [1.165, 1.54) is 12.8 Å². The van der Waals surface area contributed by atoms with Gasteiger partial charge in [-0.25, -0.2) is 0 Å². The molecule has 3 unspecified atom stereocenters. The SMILES string of the molecule is CC1CCC(Nc2nnc(CCCl)o2)C1C. The van der Waals surface area contributed by atoms with Gasteiger partial charge in [-0.3, -0.25) is 0 Å². The smallest absolute Gasteiger partial charge is 0.315 e. The maximum absolute atomic E-state index is 5.61. The molecule has 1 heterocycles. The Kier molecular flexibility index (Phi) is 3.69. The van der Waals surface area contributed by atoms with Gasteiger partial charge in [0.2, 0.25) is 5.89 Å². The number of nitrogens with one attached hydrogen (secondary N) is 1. The monoisotopic (exact) mass is 243 g/mol. The van der Waals surface area contributed by atoms with Crippen molar-refractivity contribution in [2.24, 2.45) is 11.8 Å². The van der Waals surface area contributed by atoms with Crippen molar-refractivity contribution in [1.29, 1.82) is 0 Å². The minimum absolute atomic E-state index is 0.458. The highest BCUT2D eigenvalue weighted by Crippen LogP contribution is 2.32. The lowest BCUT2D eigenvalue weighted by Gasteiger charge is -2.17. The van der Waals surface area contributed by atoms with Gasteiger partial charge in [-0.2, -0.15) is 0 Å². The van der Waals surface area contributed by atoms with Gasteiger partial charge in [-0.15, -0.1) is 16.7 Å². The number of anilines is 1. The first kappa shape index (κ1) is 11.7. The summed E-state index contributed by atoms with van der Waals surface area (Å²) in [6.45, 7) is 4.56. The van der Waals surface area contributed by atoms with Crippen LogP contribution in [0.2, 0.25) is 0 Å². The van der Waals surface area contributed by atoms with E-state index < -0.39 is 0 Å². The number of nitrogens with zero attached hydrogens (tertiary/aromatic N) is 2. The molecule has 5 heteroatoms. The zero-order valence-corrected chi connectivity index (χ0v) is 10.5. The van der Waals surface area contributed by atoms with Gasteiger partial charge in [0.05, 0.1) is 0 Å². The van der Waals surface area contributed by atoms with E-state index in [0.29, 0.717) is 36.2 Å². The molecular weight excluding hydrogens is 226 g/mol. The van der Waals surface area contributed by atoms with E-state index in [2.05, 4.69) is 29.4 Å². The zero-order chi connectivity index (χ0) is 11.5. The normalized spacial score (nSPS) is 29.6. The van der Waals surface area contributed by atoms with Crippen molar-refractivity contribution in [3.05, 3.63) is 5.89 Å². The first-order valence-electron chi connectivity index (χ1n) is 5.85. The lowest BCUT2D eigenvalue weighted by atomic mass is 9.98. The Morgan fingerprint density at radius 1 is 1.38 bits per heavy atom. The first-order chi connectivity index (χ1) is 7.70. The molecule has 0 saturated heterocycles. The van der Waals surface area contributed by atoms with Gasteiger partial charge in [0.1, 0.15) is 0 Å². The Morgan fingerprint density at radius 2 is 2.19 bits per heavy atom. The molecule has 1 N–H and O–H groups in total. The summed E-state index contributed by atoms with van der Waals surface area (Å²) in [5.41, 5.74) is 0. The largest absolute Gasteiger partial charge is 0.408 e. The van der Waals surface area contributed by atoms with Gasteiger partial charge in [-0.05, 0) is 24.7 Å². The molecule has 16 heavy (non-hydrogen) atoms. The second-order valence-electron chi connectivity index (χ2n) is 4.60. The molecule has 90 valence electrons. The minimum atomic E-state index is 0.458. The number of hydrogen-bond acceptors (Lipinski definition) is 4. The van der Waals surface area contributed by atoms with Crippen LogP contribution < -0.4 is 5.32 Å². The van der Waals surface area contributed by atoms with Crippen LogP contribution >= 0.6 is 11.6 Å². The van der Waals surface area contributed by atoms with Crippen molar-refractivity contribution in [3.63, 3.8) is 0 Å².